The van der Waals surface area contributed by atoms with E-state index in [1.165, 1.54) is 0 Å². The molecule has 0 aromatic heterocycles. The number of ether oxygens (including phenoxy) is 1. The second kappa shape index (κ2) is 4.27. The minimum Gasteiger partial charge on any atom is -0.480 e. The van der Waals surface area contributed by atoms with Gasteiger partial charge in [0, 0.05) is 22.9 Å². The third-order valence-electron chi connectivity index (χ3n) is 2.69. The topological polar surface area (TPSA) is 26.3 Å². The van der Waals surface area contributed by atoms with Gasteiger partial charge in [-0.1, -0.05) is 37.0 Å². The summed E-state index contributed by atoms with van der Waals surface area (Å²) >= 11 is 12.0. The van der Waals surface area contributed by atoms with Gasteiger partial charge >= 0.3 is 0 Å². The molecule has 0 bridgehead atoms. The molecule has 1 aromatic carbocycles. The van der Waals surface area contributed by atoms with Crippen molar-refractivity contribution in [1.29, 1.82) is 0 Å². The molecule has 0 saturated heterocycles. The zero-order valence-electron chi connectivity index (χ0n) is 9.09. The average Bonchev–Trinajstić information content (AvgIpc) is 2.68. The van der Waals surface area contributed by atoms with Gasteiger partial charge < -0.3 is 4.74 Å². The first kappa shape index (κ1) is 11.7. The Morgan fingerprint density at radius 3 is 2.56 bits per heavy atom. The molecule has 0 N–H and O–H groups in total. The molecule has 0 aliphatic carbocycles. The van der Waals surface area contributed by atoms with E-state index >= 15 is 0 Å². The summed E-state index contributed by atoms with van der Waals surface area (Å²) in [6.07, 6.45) is 0.0820. The molecule has 0 radical (unpaired) electrons. The molecule has 2 rings (SSSR count). The molecule has 1 aromatic rings. The van der Waals surface area contributed by atoms with Gasteiger partial charge in [-0.15, -0.1) is 0 Å². The molecule has 0 fully saturated rings. The van der Waals surface area contributed by atoms with Gasteiger partial charge in [0.2, 0.25) is 0 Å². The average molecular weight is 259 g/mol. The van der Waals surface area contributed by atoms with E-state index in [1.54, 1.807) is 12.1 Å². The number of hydrogen-bond donors (Lipinski definition) is 0. The van der Waals surface area contributed by atoms with Crippen molar-refractivity contribution in [3.8, 4) is 5.75 Å². The first-order valence-corrected chi connectivity index (χ1v) is 5.93. The lowest BCUT2D eigenvalue weighted by molar-refractivity contribution is -0.128. The van der Waals surface area contributed by atoms with Crippen LogP contribution in [-0.2, 0) is 11.2 Å². The lowest BCUT2D eigenvalue weighted by Crippen LogP contribution is -2.29. The van der Waals surface area contributed by atoms with Crippen molar-refractivity contribution in [2.45, 2.75) is 26.4 Å². The van der Waals surface area contributed by atoms with E-state index in [1.807, 2.05) is 13.8 Å². The Kier molecular flexibility index (Phi) is 3.13. The molecular formula is C12H12Cl2O2. The highest BCUT2D eigenvalue weighted by Gasteiger charge is 2.33. The summed E-state index contributed by atoms with van der Waals surface area (Å²) in [4.78, 5) is 11.8. The third kappa shape index (κ3) is 1.92. The van der Waals surface area contributed by atoms with Crippen LogP contribution in [0.5, 0.6) is 5.75 Å². The maximum atomic E-state index is 11.8. The number of rotatable bonds is 2. The summed E-state index contributed by atoms with van der Waals surface area (Å²) in [6.45, 7) is 3.72. The van der Waals surface area contributed by atoms with Gasteiger partial charge in [0.15, 0.2) is 11.9 Å². The standard InChI is InChI=1S/C12H12Cl2O2/c1-6(2)11(15)10-5-7-8(13)3-4-9(14)12(7)16-10/h3-4,6,10H,5H2,1-2H3. The molecule has 4 heteroatoms. The highest BCUT2D eigenvalue weighted by atomic mass is 35.5. The van der Waals surface area contributed by atoms with Crippen LogP contribution in [0.3, 0.4) is 0 Å². The number of ketones is 1. The molecular weight excluding hydrogens is 247 g/mol. The number of benzene rings is 1. The van der Waals surface area contributed by atoms with Gasteiger partial charge in [-0.2, -0.15) is 0 Å². The predicted molar refractivity (Wildman–Crippen MR) is 64.4 cm³/mol. The maximum absolute atomic E-state index is 11.8. The van der Waals surface area contributed by atoms with Gasteiger partial charge in [-0.25, -0.2) is 0 Å². The molecule has 2 nitrogen and oxygen atoms in total. The second-order valence-corrected chi connectivity index (χ2v) is 5.02. The van der Waals surface area contributed by atoms with Crippen molar-refractivity contribution in [1.82, 2.24) is 0 Å². The molecule has 16 heavy (non-hydrogen) atoms. The van der Waals surface area contributed by atoms with E-state index in [4.69, 9.17) is 27.9 Å². The van der Waals surface area contributed by atoms with Crippen LogP contribution in [0.1, 0.15) is 19.4 Å². The van der Waals surface area contributed by atoms with Crippen LogP contribution in [-0.4, -0.2) is 11.9 Å². The molecule has 86 valence electrons. The Bertz CT molecular complexity index is 410. The summed E-state index contributed by atoms with van der Waals surface area (Å²) < 4.78 is 5.58. The Balaban J connectivity index is 2.31. The van der Waals surface area contributed by atoms with Crippen LogP contribution >= 0.6 is 23.2 Å². The summed E-state index contributed by atoms with van der Waals surface area (Å²) in [5.41, 5.74) is 0.841. The van der Waals surface area contributed by atoms with Crippen LogP contribution < -0.4 is 4.74 Å². The van der Waals surface area contributed by atoms with Crippen molar-refractivity contribution < 1.29 is 9.53 Å². The Morgan fingerprint density at radius 1 is 1.38 bits per heavy atom. The van der Waals surface area contributed by atoms with E-state index < -0.39 is 6.10 Å². The van der Waals surface area contributed by atoms with Gasteiger partial charge in [0.05, 0.1) is 5.02 Å². The number of fused-ring (bicyclic) bond motifs is 1. The number of carbonyl (C=O) groups is 1. The van der Waals surface area contributed by atoms with E-state index in [-0.39, 0.29) is 11.7 Å². The fourth-order valence-corrected chi connectivity index (χ4v) is 2.24. The highest BCUT2D eigenvalue weighted by Crippen LogP contribution is 2.40. The van der Waals surface area contributed by atoms with Gasteiger partial charge in [0.1, 0.15) is 5.75 Å². The molecule has 0 amide bonds. The monoisotopic (exact) mass is 258 g/mol. The van der Waals surface area contributed by atoms with E-state index in [2.05, 4.69) is 0 Å². The molecule has 1 atom stereocenters. The molecule has 0 saturated carbocycles. The maximum Gasteiger partial charge on any atom is 0.176 e. The Hall–Kier alpha value is -0.730. The zero-order valence-corrected chi connectivity index (χ0v) is 10.6. The van der Waals surface area contributed by atoms with Crippen LogP contribution in [0.2, 0.25) is 10.0 Å². The highest BCUT2D eigenvalue weighted by molar-refractivity contribution is 6.35. The lowest BCUT2D eigenvalue weighted by Gasteiger charge is -2.11. The minimum atomic E-state index is -0.438. The Labute approximate surface area is 104 Å². The smallest absolute Gasteiger partial charge is 0.176 e. The number of hydrogen-bond acceptors (Lipinski definition) is 2. The first-order chi connectivity index (χ1) is 7.50. The summed E-state index contributed by atoms with van der Waals surface area (Å²) in [5, 5.41) is 1.12. The number of carbonyl (C=O) groups excluding carboxylic acids is 1. The molecule has 1 aliphatic heterocycles. The molecule has 0 spiro atoms. The van der Waals surface area contributed by atoms with Crippen LogP contribution in [0, 0.1) is 5.92 Å². The second-order valence-electron chi connectivity index (χ2n) is 4.20. The van der Waals surface area contributed by atoms with Gasteiger partial charge in [0.25, 0.3) is 0 Å². The fourth-order valence-electron chi connectivity index (χ4n) is 1.79. The molecule has 1 aliphatic rings. The van der Waals surface area contributed by atoms with Gasteiger partial charge in [-0.05, 0) is 12.1 Å². The normalized spacial score (nSPS) is 18.4. The van der Waals surface area contributed by atoms with Gasteiger partial charge in [-0.3, -0.25) is 4.79 Å². The fraction of sp³-hybridized carbons (Fsp3) is 0.417. The zero-order chi connectivity index (χ0) is 11.9. The summed E-state index contributed by atoms with van der Waals surface area (Å²) in [7, 11) is 0. The molecule has 1 unspecified atom stereocenters. The third-order valence-corrected chi connectivity index (χ3v) is 3.34. The predicted octanol–water partition coefficient (Wildman–Crippen LogP) is 3.52. The quantitative estimate of drug-likeness (QED) is 0.812. The van der Waals surface area contributed by atoms with Crippen LogP contribution in [0.15, 0.2) is 12.1 Å². The van der Waals surface area contributed by atoms with E-state index in [9.17, 15) is 4.79 Å². The van der Waals surface area contributed by atoms with Crippen molar-refractivity contribution >= 4 is 29.0 Å². The molecule has 1 heterocycles. The largest absolute Gasteiger partial charge is 0.480 e. The number of halogens is 2. The minimum absolute atomic E-state index is 0.0446. The SMILES string of the molecule is CC(C)C(=O)C1Cc2c(Cl)ccc(Cl)c2O1. The van der Waals surface area contributed by atoms with E-state index in [0.29, 0.717) is 22.2 Å². The van der Waals surface area contributed by atoms with Crippen LogP contribution in [0.25, 0.3) is 0 Å². The van der Waals surface area contributed by atoms with Crippen molar-refractivity contribution in [2.75, 3.05) is 0 Å². The van der Waals surface area contributed by atoms with Crippen LogP contribution in [0.4, 0.5) is 0 Å². The van der Waals surface area contributed by atoms with E-state index in [0.717, 1.165) is 5.56 Å². The Morgan fingerprint density at radius 2 is 2.00 bits per heavy atom. The summed E-state index contributed by atoms with van der Waals surface area (Å²) in [5.74, 6) is 0.605. The number of Topliss-reactive ketones (excluding diaryl/α,β-unsaturated/α-hetero) is 1. The lowest BCUT2D eigenvalue weighted by atomic mass is 10.00. The first-order valence-electron chi connectivity index (χ1n) is 5.18. The summed E-state index contributed by atoms with van der Waals surface area (Å²) in [6, 6.07) is 3.42. The van der Waals surface area contributed by atoms with Crippen molar-refractivity contribution in [3.05, 3.63) is 27.7 Å². The van der Waals surface area contributed by atoms with Crippen molar-refractivity contribution in [2.24, 2.45) is 5.92 Å². The van der Waals surface area contributed by atoms with Crippen molar-refractivity contribution in [3.63, 3.8) is 0 Å².